The maximum absolute atomic E-state index is 12.2. The lowest BCUT2D eigenvalue weighted by molar-refractivity contribution is -0.117. The highest BCUT2D eigenvalue weighted by molar-refractivity contribution is 6.30. The molecular weight excluding hydrogens is 378 g/mol. The zero-order chi connectivity index (χ0) is 20.4. The molecule has 0 bridgehead atoms. The smallest absolute Gasteiger partial charge is 0.251 e. The average Bonchev–Trinajstić information content (AvgIpc) is 2.65. The summed E-state index contributed by atoms with van der Waals surface area (Å²) >= 11 is 5.92. The number of hydrogen-bond acceptors (Lipinski definition) is 4. The molecule has 0 radical (unpaired) electrons. The summed E-state index contributed by atoms with van der Waals surface area (Å²) in [5.41, 5.74) is 1.12. The van der Waals surface area contributed by atoms with Crippen LogP contribution in [0.1, 0.15) is 23.7 Å². The van der Waals surface area contributed by atoms with Crippen LogP contribution in [0.15, 0.2) is 48.5 Å². The van der Waals surface area contributed by atoms with Gasteiger partial charge in [-0.1, -0.05) is 23.7 Å². The van der Waals surface area contributed by atoms with E-state index >= 15 is 0 Å². The van der Waals surface area contributed by atoms with Crippen LogP contribution in [0.25, 0.3) is 0 Å². The van der Waals surface area contributed by atoms with Gasteiger partial charge in [0.2, 0.25) is 5.91 Å². The summed E-state index contributed by atoms with van der Waals surface area (Å²) in [6.07, 6.45) is 0.781. The van der Waals surface area contributed by atoms with E-state index in [1.54, 1.807) is 36.4 Å². The maximum atomic E-state index is 12.2. The monoisotopic (exact) mass is 403 g/mol. The molecule has 0 heterocycles. The molecule has 0 aliphatic rings. The largest absolute Gasteiger partial charge is 0.493 e. The molecule has 2 aromatic carbocycles. The van der Waals surface area contributed by atoms with Crippen molar-refractivity contribution in [2.24, 2.45) is 0 Å². The number of anilines is 1. The van der Waals surface area contributed by atoms with Crippen molar-refractivity contribution >= 4 is 29.1 Å². The van der Waals surface area contributed by atoms with Crippen LogP contribution in [0.2, 0.25) is 5.02 Å². The Hall–Kier alpha value is -2.57. The SMILES string of the molecule is CCNC(=O)c1cccc(NC(=O)CN(C)CCCOc2cccc(Cl)c2)c1. The fourth-order valence-corrected chi connectivity index (χ4v) is 2.79. The molecule has 2 N–H and O–H groups in total. The Labute approximate surface area is 170 Å². The molecule has 0 atom stereocenters. The number of likely N-dealkylation sites (N-methyl/N-ethyl adjacent to an activating group) is 1. The number of amides is 2. The lowest BCUT2D eigenvalue weighted by atomic mass is 10.2. The van der Waals surface area contributed by atoms with Gasteiger partial charge < -0.3 is 15.4 Å². The highest BCUT2D eigenvalue weighted by Crippen LogP contribution is 2.17. The molecule has 28 heavy (non-hydrogen) atoms. The van der Waals surface area contributed by atoms with Crippen LogP contribution in [0.4, 0.5) is 5.69 Å². The Bertz CT molecular complexity index is 798. The summed E-state index contributed by atoms with van der Waals surface area (Å²) in [6.45, 7) is 3.93. The molecule has 0 aliphatic heterocycles. The van der Waals surface area contributed by atoms with Gasteiger partial charge in [-0.15, -0.1) is 0 Å². The number of ether oxygens (including phenoxy) is 1. The van der Waals surface area contributed by atoms with Crippen LogP contribution >= 0.6 is 11.6 Å². The molecule has 0 aliphatic carbocycles. The first-order chi connectivity index (χ1) is 13.5. The molecule has 0 saturated carbocycles. The Balaban J connectivity index is 1.72. The minimum Gasteiger partial charge on any atom is -0.493 e. The van der Waals surface area contributed by atoms with E-state index < -0.39 is 0 Å². The zero-order valence-corrected chi connectivity index (χ0v) is 17.0. The Kier molecular flexibility index (Phi) is 8.78. The number of carbonyl (C=O) groups is 2. The maximum Gasteiger partial charge on any atom is 0.251 e. The lowest BCUT2D eigenvalue weighted by Gasteiger charge is -2.16. The van der Waals surface area contributed by atoms with Crippen LogP contribution in [0, 0.1) is 0 Å². The average molecular weight is 404 g/mol. The second-order valence-electron chi connectivity index (χ2n) is 6.39. The fraction of sp³-hybridized carbons (Fsp3) is 0.333. The molecule has 2 aromatic rings. The third-order valence-electron chi connectivity index (χ3n) is 3.91. The number of carbonyl (C=O) groups excluding carboxylic acids is 2. The Morgan fingerprint density at radius 1 is 1.14 bits per heavy atom. The van der Waals surface area contributed by atoms with Crippen molar-refractivity contribution < 1.29 is 14.3 Å². The van der Waals surface area contributed by atoms with Gasteiger partial charge in [0.05, 0.1) is 13.2 Å². The highest BCUT2D eigenvalue weighted by Gasteiger charge is 2.09. The Morgan fingerprint density at radius 2 is 1.93 bits per heavy atom. The van der Waals surface area contributed by atoms with Crippen LogP contribution in [-0.2, 0) is 4.79 Å². The topological polar surface area (TPSA) is 70.7 Å². The number of nitrogens with one attached hydrogen (secondary N) is 2. The zero-order valence-electron chi connectivity index (χ0n) is 16.2. The number of nitrogens with zero attached hydrogens (tertiary/aromatic N) is 1. The third kappa shape index (κ3) is 7.58. The van der Waals surface area contributed by atoms with Crippen LogP contribution in [-0.4, -0.2) is 50.0 Å². The van der Waals surface area contributed by atoms with Gasteiger partial charge in [-0.2, -0.15) is 0 Å². The summed E-state index contributed by atoms with van der Waals surface area (Å²) in [4.78, 5) is 26.0. The summed E-state index contributed by atoms with van der Waals surface area (Å²) < 4.78 is 5.64. The van der Waals surface area contributed by atoms with Gasteiger partial charge >= 0.3 is 0 Å². The van der Waals surface area contributed by atoms with E-state index in [1.807, 2.05) is 31.0 Å². The van der Waals surface area contributed by atoms with Crippen molar-refractivity contribution in [1.82, 2.24) is 10.2 Å². The van der Waals surface area contributed by atoms with E-state index in [4.69, 9.17) is 16.3 Å². The molecule has 2 rings (SSSR count). The summed E-state index contributed by atoms with van der Waals surface area (Å²) in [6, 6.07) is 14.2. The lowest BCUT2D eigenvalue weighted by Crippen LogP contribution is -2.31. The summed E-state index contributed by atoms with van der Waals surface area (Å²) in [5, 5.41) is 6.21. The summed E-state index contributed by atoms with van der Waals surface area (Å²) in [7, 11) is 1.88. The minimum absolute atomic E-state index is 0.133. The number of rotatable bonds is 10. The van der Waals surface area contributed by atoms with Gasteiger partial charge in [0, 0.05) is 29.4 Å². The molecule has 0 spiro atoms. The fourth-order valence-electron chi connectivity index (χ4n) is 2.61. The molecule has 6 nitrogen and oxygen atoms in total. The van der Waals surface area contributed by atoms with E-state index in [0.29, 0.717) is 36.0 Å². The van der Waals surface area contributed by atoms with Crippen molar-refractivity contribution in [2.45, 2.75) is 13.3 Å². The quantitative estimate of drug-likeness (QED) is 0.596. The third-order valence-corrected chi connectivity index (χ3v) is 4.14. The predicted octanol–water partition coefficient (Wildman–Crippen LogP) is 3.43. The summed E-state index contributed by atoms with van der Waals surface area (Å²) in [5.74, 6) is 0.446. The first-order valence-corrected chi connectivity index (χ1v) is 9.60. The highest BCUT2D eigenvalue weighted by atomic mass is 35.5. The number of hydrogen-bond donors (Lipinski definition) is 2. The van der Waals surface area contributed by atoms with Crippen LogP contribution < -0.4 is 15.4 Å². The standard InChI is InChI=1S/C21H26ClN3O3/c1-3-23-21(27)16-7-4-9-18(13-16)24-20(26)15-25(2)11-6-12-28-19-10-5-8-17(22)14-19/h4-5,7-10,13-14H,3,6,11-12,15H2,1-2H3,(H,23,27)(H,24,26). The van der Waals surface area contributed by atoms with Gasteiger partial charge in [-0.3, -0.25) is 14.5 Å². The van der Waals surface area contributed by atoms with Crippen molar-refractivity contribution in [2.75, 3.05) is 38.6 Å². The normalized spacial score (nSPS) is 10.6. The molecule has 2 amide bonds. The van der Waals surface area contributed by atoms with E-state index in [-0.39, 0.29) is 18.4 Å². The second kappa shape index (κ2) is 11.3. The van der Waals surface area contributed by atoms with Crippen molar-refractivity contribution in [3.8, 4) is 5.75 Å². The van der Waals surface area contributed by atoms with Crippen LogP contribution in [0.3, 0.4) is 0 Å². The van der Waals surface area contributed by atoms with E-state index in [9.17, 15) is 9.59 Å². The Morgan fingerprint density at radius 3 is 2.68 bits per heavy atom. The van der Waals surface area contributed by atoms with Gasteiger partial charge in [-0.25, -0.2) is 0 Å². The molecule has 0 fully saturated rings. The van der Waals surface area contributed by atoms with Crippen LogP contribution in [0.5, 0.6) is 5.75 Å². The first-order valence-electron chi connectivity index (χ1n) is 9.23. The van der Waals surface area contributed by atoms with Gasteiger partial charge in [0.1, 0.15) is 5.75 Å². The molecule has 0 aromatic heterocycles. The minimum atomic E-state index is -0.157. The van der Waals surface area contributed by atoms with Crippen molar-refractivity contribution in [3.63, 3.8) is 0 Å². The molecule has 150 valence electrons. The van der Waals surface area contributed by atoms with E-state index in [2.05, 4.69) is 10.6 Å². The van der Waals surface area contributed by atoms with Crippen molar-refractivity contribution in [1.29, 1.82) is 0 Å². The molecular formula is C21H26ClN3O3. The molecule has 7 heteroatoms. The van der Waals surface area contributed by atoms with Gasteiger partial charge in [0.15, 0.2) is 0 Å². The van der Waals surface area contributed by atoms with Gasteiger partial charge in [-0.05, 0) is 56.8 Å². The molecule has 0 unspecified atom stereocenters. The number of halogens is 1. The molecule has 0 saturated heterocycles. The second-order valence-corrected chi connectivity index (χ2v) is 6.82. The van der Waals surface area contributed by atoms with Crippen molar-refractivity contribution in [3.05, 3.63) is 59.1 Å². The predicted molar refractivity (Wildman–Crippen MR) is 112 cm³/mol. The van der Waals surface area contributed by atoms with E-state index in [0.717, 1.165) is 12.2 Å². The van der Waals surface area contributed by atoms with E-state index in [1.165, 1.54) is 0 Å². The number of benzene rings is 2. The van der Waals surface area contributed by atoms with Gasteiger partial charge in [0.25, 0.3) is 5.91 Å². The first kappa shape index (κ1) is 21.7.